The molecule has 0 saturated carbocycles. The van der Waals surface area contributed by atoms with Crippen molar-refractivity contribution in [2.24, 2.45) is 0 Å². The first-order valence-electron chi connectivity index (χ1n) is 8.12. The van der Waals surface area contributed by atoms with E-state index in [0.29, 0.717) is 22.8 Å². The highest BCUT2D eigenvalue weighted by atomic mass is 32.1. The maximum Gasteiger partial charge on any atom is 0.338 e. The molecule has 0 radical (unpaired) electrons. The van der Waals surface area contributed by atoms with E-state index in [0.717, 1.165) is 16.3 Å². The summed E-state index contributed by atoms with van der Waals surface area (Å²) in [5.74, 6) is 1.32. The molecule has 1 heterocycles. The Labute approximate surface area is 161 Å². The van der Waals surface area contributed by atoms with Crippen LogP contribution in [0.25, 0.3) is 10.6 Å². The van der Waals surface area contributed by atoms with Gasteiger partial charge in [0.1, 0.15) is 28.9 Å². The van der Waals surface area contributed by atoms with Crippen LogP contribution in [0.1, 0.15) is 16.1 Å². The lowest BCUT2D eigenvalue weighted by molar-refractivity contribution is 0.0467. The molecule has 2 aromatic carbocycles. The van der Waals surface area contributed by atoms with E-state index in [2.05, 4.69) is 4.98 Å². The van der Waals surface area contributed by atoms with Gasteiger partial charge in [0.15, 0.2) is 0 Å². The molecule has 0 amide bonds. The van der Waals surface area contributed by atoms with Gasteiger partial charge in [-0.1, -0.05) is 12.1 Å². The summed E-state index contributed by atoms with van der Waals surface area (Å²) in [4.78, 5) is 16.9. The molecule has 0 N–H and O–H groups in total. The maximum atomic E-state index is 12.4. The number of carbonyl (C=O) groups excluding carboxylic acids is 1. The number of hydrogen-bond acceptors (Lipinski definition) is 7. The van der Waals surface area contributed by atoms with Crippen molar-refractivity contribution in [3.05, 3.63) is 59.1 Å². The van der Waals surface area contributed by atoms with Crippen LogP contribution in [0.3, 0.4) is 0 Å². The number of carbonyl (C=O) groups is 1. The number of hydrogen-bond donors (Lipinski definition) is 0. The van der Waals surface area contributed by atoms with Gasteiger partial charge in [0, 0.05) is 11.4 Å². The summed E-state index contributed by atoms with van der Waals surface area (Å²) in [6.07, 6.45) is 0. The van der Waals surface area contributed by atoms with E-state index >= 15 is 0 Å². The maximum absolute atomic E-state index is 12.4. The minimum absolute atomic E-state index is 0.0734. The first-order valence-corrected chi connectivity index (χ1v) is 9.00. The highest BCUT2D eigenvalue weighted by Crippen LogP contribution is 2.32. The Balaban J connectivity index is 1.71. The molecule has 27 heavy (non-hydrogen) atoms. The van der Waals surface area contributed by atoms with Gasteiger partial charge in [-0.05, 0) is 24.3 Å². The van der Waals surface area contributed by atoms with Crippen LogP contribution in [0.4, 0.5) is 0 Å². The lowest BCUT2D eigenvalue weighted by Gasteiger charge is -2.08. The molecule has 0 spiro atoms. The third-order valence-electron chi connectivity index (χ3n) is 3.83. The number of rotatable bonds is 7. The van der Waals surface area contributed by atoms with Gasteiger partial charge < -0.3 is 18.9 Å². The second-order valence-corrected chi connectivity index (χ2v) is 6.38. The van der Waals surface area contributed by atoms with Gasteiger partial charge in [-0.2, -0.15) is 0 Å². The molecule has 3 rings (SSSR count). The van der Waals surface area contributed by atoms with Crippen LogP contribution >= 0.6 is 11.3 Å². The third kappa shape index (κ3) is 4.38. The second kappa shape index (κ2) is 8.55. The predicted octanol–water partition coefficient (Wildman–Crippen LogP) is 4.19. The minimum atomic E-state index is -0.473. The van der Waals surface area contributed by atoms with Gasteiger partial charge in [-0.3, -0.25) is 0 Å². The Kier molecular flexibility index (Phi) is 5.93. The fourth-order valence-electron chi connectivity index (χ4n) is 2.47. The molecule has 0 aliphatic carbocycles. The summed E-state index contributed by atoms with van der Waals surface area (Å²) < 4.78 is 21.1. The molecule has 0 fully saturated rings. The van der Waals surface area contributed by atoms with Crippen LogP contribution in [0.5, 0.6) is 17.2 Å². The number of aromatic nitrogens is 1. The van der Waals surface area contributed by atoms with Crippen LogP contribution in [-0.2, 0) is 11.3 Å². The van der Waals surface area contributed by atoms with Gasteiger partial charge >= 0.3 is 5.97 Å². The van der Waals surface area contributed by atoms with Crippen molar-refractivity contribution < 1.29 is 23.7 Å². The summed E-state index contributed by atoms with van der Waals surface area (Å²) in [5, 5.41) is 2.67. The van der Waals surface area contributed by atoms with E-state index in [9.17, 15) is 4.79 Å². The molecular weight excluding hydrogens is 366 g/mol. The van der Waals surface area contributed by atoms with Crippen LogP contribution in [0.2, 0.25) is 0 Å². The molecule has 7 heteroatoms. The Morgan fingerprint density at radius 1 is 1.00 bits per heavy atom. The molecule has 3 aromatic rings. The molecule has 6 nitrogen and oxygen atoms in total. The first-order chi connectivity index (χ1) is 13.1. The van der Waals surface area contributed by atoms with Gasteiger partial charge in [-0.25, -0.2) is 9.78 Å². The van der Waals surface area contributed by atoms with Crippen molar-refractivity contribution in [2.45, 2.75) is 6.61 Å². The molecule has 140 valence electrons. The normalized spacial score (nSPS) is 10.3. The highest BCUT2D eigenvalue weighted by molar-refractivity contribution is 7.13. The lowest BCUT2D eigenvalue weighted by Crippen LogP contribution is -2.06. The van der Waals surface area contributed by atoms with Crippen molar-refractivity contribution in [2.75, 3.05) is 21.3 Å². The van der Waals surface area contributed by atoms with Crippen LogP contribution in [0, 0.1) is 0 Å². The first kappa shape index (κ1) is 18.7. The number of benzene rings is 2. The molecule has 0 aliphatic rings. The quantitative estimate of drug-likeness (QED) is 0.568. The lowest BCUT2D eigenvalue weighted by atomic mass is 10.2. The number of esters is 1. The summed E-state index contributed by atoms with van der Waals surface area (Å²) in [6, 6.07) is 12.5. The number of nitrogens with zero attached hydrogens (tertiary/aromatic N) is 1. The molecule has 0 bridgehead atoms. The van der Waals surface area contributed by atoms with E-state index in [1.54, 1.807) is 25.3 Å². The van der Waals surface area contributed by atoms with Crippen molar-refractivity contribution in [3.63, 3.8) is 0 Å². The Bertz CT molecular complexity index is 915. The molecule has 0 saturated heterocycles. The van der Waals surface area contributed by atoms with Crippen molar-refractivity contribution in [1.82, 2.24) is 4.98 Å². The van der Waals surface area contributed by atoms with Crippen LogP contribution in [-0.4, -0.2) is 32.3 Å². The Hall–Kier alpha value is -3.06. The van der Waals surface area contributed by atoms with Crippen molar-refractivity contribution in [1.29, 1.82) is 0 Å². The average Bonchev–Trinajstić information content (AvgIpc) is 3.20. The number of para-hydroxylation sites is 1. The summed E-state index contributed by atoms with van der Waals surface area (Å²) in [7, 11) is 4.68. The van der Waals surface area contributed by atoms with Crippen LogP contribution < -0.4 is 14.2 Å². The topological polar surface area (TPSA) is 66.9 Å². The average molecular weight is 385 g/mol. The fourth-order valence-corrected chi connectivity index (χ4v) is 3.30. The van der Waals surface area contributed by atoms with E-state index in [1.807, 2.05) is 29.6 Å². The predicted molar refractivity (Wildman–Crippen MR) is 103 cm³/mol. The Morgan fingerprint density at radius 2 is 1.70 bits per heavy atom. The third-order valence-corrected chi connectivity index (χ3v) is 4.75. The minimum Gasteiger partial charge on any atom is -0.497 e. The molecular formula is C20H19NO5S. The van der Waals surface area contributed by atoms with Gasteiger partial charge in [0.25, 0.3) is 0 Å². The molecule has 0 aliphatic heterocycles. The zero-order valence-corrected chi connectivity index (χ0v) is 16.0. The van der Waals surface area contributed by atoms with E-state index in [4.69, 9.17) is 18.9 Å². The van der Waals surface area contributed by atoms with E-state index < -0.39 is 5.97 Å². The monoisotopic (exact) mass is 385 g/mol. The SMILES string of the molecule is COc1cc(OC)cc(C(=O)OCc2csc(-c3ccccc3OC)n2)c1. The molecule has 0 unspecified atom stereocenters. The summed E-state index contributed by atoms with van der Waals surface area (Å²) in [6.45, 7) is 0.0734. The smallest absolute Gasteiger partial charge is 0.338 e. The summed E-state index contributed by atoms with van der Waals surface area (Å²) >= 11 is 1.47. The largest absolute Gasteiger partial charge is 0.497 e. The fraction of sp³-hybridized carbons (Fsp3) is 0.200. The Morgan fingerprint density at radius 3 is 2.37 bits per heavy atom. The molecule has 1 aromatic heterocycles. The van der Waals surface area contributed by atoms with Gasteiger partial charge in [0.2, 0.25) is 0 Å². The highest BCUT2D eigenvalue weighted by Gasteiger charge is 2.14. The van der Waals surface area contributed by atoms with E-state index in [1.165, 1.54) is 25.6 Å². The molecule has 0 atom stereocenters. The second-order valence-electron chi connectivity index (χ2n) is 5.52. The standard InChI is InChI=1S/C20H19NO5S/c1-23-15-8-13(9-16(10-15)24-2)20(22)26-11-14-12-27-19(21-14)17-6-4-5-7-18(17)25-3/h4-10,12H,11H2,1-3H3. The summed E-state index contributed by atoms with van der Waals surface area (Å²) in [5.41, 5.74) is 1.93. The van der Waals surface area contributed by atoms with Gasteiger partial charge in [-0.15, -0.1) is 11.3 Å². The van der Waals surface area contributed by atoms with E-state index in [-0.39, 0.29) is 6.61 Å². The van der Waals surface area contributed by atoms with Crippen LogP contribution in [0.15, 0.2) is 47.8 Å². The van der Waals surface area contributed by atoms with Crippen molar-refractivity contribution in [3.8, 4) is 27.8 Å². The zero-order valence-electron chi connectivity index (χ0n) is 15.2. The number of ether oxygens (including phenoxy) is 4. The zero-order chi connectivity index (χ0) is 19.2. The van der Waals surface area contributed by atoms with Gasteiger partial charge in [0.05, 0.1) is 38.2 Å². The van der Waals surface area contributed by atoms with Crippen molar-refractivity contribution >= 4 is 17.3 Å². The number of thiazole rings is 1. The number of methoxy groups -OCH3 is 3.